The lowest BCUT2D eigenvalue weighted by Crippen LogP contribution is -2.45. The van der Waals surface area contributed by atoms with Gasteiger partial charge in [-0.2, -0.15) is 0 Å². The minimum atomic E-state index is -3.63. The van der Waals surface area contributed by atoms with Crippen LogP contribution < -0.4 is 10.0 Å². The lowest BCUT2D eigenvalue weighted by Gasteiger charge is -2.30. The van der Waals surface area contributed by atoms with E-state index in [4.69, 9.17) is 0 Å². The highest BCUT2D eigenvalue weighted by Crippen LogP contribution is 2.24. The van der Waals surface area contributed by atoms with Crippen LogP contribution in [0.5, 0.6) is 0 Å². The third-order valence-electron chi connectivity index (χ3n) is 4.83. The number of hydrogen-bond acceptors (Lipinski definition) is 3. The zero-order chi connectivity index (χ0) is 20.3. The fraction of sp³-hybridized carbons (Fsp3) is 0.381. The Balaban J connectivity index is 1.74. The van der Waals surface area contributed by atoms with E-state index in [1.54, 1.807) is 17.0 Å². The zero-order valence-electron chi connectivity index (χ0n) is 16.5. The van der Waals surface area contributed by atoms with Gasteiger partial charge in [-0.3, -0.25) is 0 Å². The Morgan fingerprint density at radius 3 is 2.43 bits per heavy atom. The SMILES string of the molecule is CC(C)NC(=O)N1CCc2cc(S(=O)(=O)N[C@H](C)c3ccccc3)ccc2C1. The van der Waals surface area contributed by atoms with Crippen molar-refractivity contribution in [2.24, 2.45) is 0 Å². The van der Waals surface area contributed by atoms with E-state index in [0.717, 1.165) is 16.7 Å². The monoisotopic (exact) mass is 401 g/mol. The fourth-order valence-electron chi connectivity index (χ4n) is 3.32. The molecular weight excluding hydrogens is 374 g/mol. The van der Waals surface area contributed by atoms with E-state index >= 15 is 0 Å². The molecule has 0 saturated carbocycles. The molecular formula is C21H27N3O3S. The summed E-state index contributed by atoms with van der Waals surface area (Å²) in [6.07, 6.45) is 0.637. The van der Waals surface area contributed by atoms with Crippen molar-refractivity contribution in [2.75, 3.05) is 6.54 Å². The molecule has 2 aromatic carbocycles. The maximum Gasteiger partial charge on any atom is 0.317 e. The average molecular weight is 402 g/mol. The lowest BCUT2D eigenvalue weighted by atomic mass is 10.0. The highest BCUT2D eigenvalue weighted by atomic mass is 32.2. The van der Waals surface area contributed by atoms with Gasteiger partial charge in [0.15, 0.2) is 0 Å². The molecule has 2 amide bonds. The smallest absolute Gasteiger partial charge is 0.317 e. The van der Waals surface area contributed by atoms with Gasteiger partial charge < -0.3 is 10.2 Å². The van der Waals surface area contributed by atoms with Crippen LogP contribution in [0.3, 0.4) is 0 Å². The first-order chi connectivity index (χ1) is 13.3. The van der Waals surface area contributed by atoms with Crippen molar-refractivity contribution < 1.29 is 13.2 Å². The topological polar surface area (TPSA) is 78.5 Å². The van der Waals surface area contributed by atoms with Gasteiger partial charge in [-0.1, -0.05) is 36.4 Å². The Morgan fingerprint density at radius 2 is 1.75 bits per heavy atom. The van der Waals surface area contributed by atoms with Gasteiger partial charge in [0.1, 0.15) is 0 Å². The molecule has 1 heterocycles. The third-order valence-corrected chi connectivity index (χ3v) is 6.37. The number of fused-ring (bicyclic) bond motifs is 1. The van der Waals surface area contributed by atoms with Crippen molar-refractivity contribution in [2.45, 2.75) is 50.7 Å². The first-order valence-corrected chi connectivity index (χ1v) is 11.0. The normalized spacial score (nSPS) is 15.2. The van der Waals surface area contributed by atoms with E-state index < -0.39 is 10.0 Å². The summed E-state index contributed by atoms with van der Waals surface area (Å²) >= 11 is 0. The van der Waals surface area contributed by atoms with E-state index in [0.29, 0.717) is 19.5 Å². The molecule has 2 N–H and O–H groups in total. The number of carbonyl (C=O) groups excluding carboxylic acids is 1. The number of urea groups is 1. The quantitative estimate of drug-likeness (QED) is 0.808. The highest BCUT2D eigenvalue weighted by molar-refractivity contribution is 7.89. The van der Waals surface area contributed by atoms with Gasteiger partial charge in [-0.15, -0.1) is 0 Å². The number of amides is 2. The summed E-state index contributed by atoms with van der Waals surface area (Å²) in [6, 6.07) is 14.3. The molecule has 0 saturated heterocycles. The molecule has 0 unspecified atom stereocenters. The second-order valence-electron chi connectivity index (χ2n) is 7.46. The fourth-order valence-corrected chi connectivity index (χ4v) is 4.60. The molecule has 7 heteroatoms. The van der Waals surface area contributed by atoms with Crippen LogP contribution in [0.4, 0.5) is 4.79 Å². The van der Waals surface area contributed by atoms with Crippen LogP contribution in [0.1, 0.15) is 43.5 Å². The number of benzene rings is 2. The largest absolute Gasteiger partial charge is 0.336 e. The first-order valence-electron chi connectivity index (χ1n) is 9.51. The number of hydrogen-bond donors (Lipinski definition) is 2. The standard InChI is InChI=1S/C21H27N3O3S/c1-15(2)22-21(25)24-12-11-18-13-20(10-9-19(18)14-24)28(26,27)23-16(3)17-7-5-4-6-8-17/h4-10,13,15-16,23H,11-12,14H2,1-3H3,(H,22,25)/t16-/m1/s1. The molecule has 0 bridgehead atoms. The second-order valence-corrected chi connectivity index (χ2v) is 9.17. The van der Waals surface area contributed by atoms with Crippen LogP contribution in [0.15, 0.2) is 53.4 Å². The van der Waals surface area contributed by atoms with Crippen molar-refractivity contribution in [1.82, 2.24) is 14.9 Å². The number of nitrogens with one attached hydrogen (secondary N) is 2. The summed E-state index contributed by atoms with van der Waals surface area (Å²) < 4.78 is 28.4. The first kappa shape index (κ1) is 20.4. The van der Waals surface area contributed by atoms with E-state index in [9.17, 15) is 13.2 Å². The Morgan fingerprint density at radius 1 is 1.04 bits per heavy atom. The highest BCUT2D eigenvalue weighted by Gasteiger charge is 2.24. The van der Waals surface area contributed by atoms with E-state index in [-0.39, 0.29) is 23.0 Å². The molecule has 1 aliphatic rings. The van der Waals surface area contributed by atoms with Gasteiger partial charge in [0, 0.05) is 25.2 Å². The van der Waals surface area contributed by atoms with Gasteiger partial charge >= 0.3 is 6.03 Å². The molecule has 1 aliphatic heterocycles. The average Bonchev–Trinajstić information content (AvgIpc) is 2.67. The van der Waals surface area contributed by atoms with E-state index in [2.05, 4.69) is 10.0 Å². The molecule has 2 aromatic rings. The lowest BCUT2D eigenvalue weighted by molar-refractivity contribution is 0.190. The summed E-state index contributed by atoms with van der Waals surface area (Å²) in [5.74, 6) is 0. The van der Waals surface area contributed by atoms with Gasteiger partial charge in [-0.25, -0.2) is 17.9 Å². The minimum absolute atomic E-state index is 0.0825. The maximum absolute atomic E-state index is 12.8. The van der Waals surface area contributed by atoms with Crippen LogP contribution in [0.2, 0.25) is 0 Å². The van der Waals surface area contributed by atoms with Crippen molar-refractivity contribution in [1.29, 1.82) is 0 Å². The Labute approximate surface area is 167 Å². The predicted molar refractivity (Wildman–Crippen MR) is 109 cm³/mol. The van der Waals surface area contributed by atoms with Crippen molar-refractivity contribution >= 4 is 16.1 Å². The van der Waals surface area contributed by atoms with Crippen molar-refractivity contribution in [3.05, 3.63) is 65.2 Å². The molecule has 150 valence electrons. The predicted octanol–water partition coefficient (Wildman–Crippen LogP) is 3.20. The number of sulfonamides is 1. The molecule has 0 spiro atoms. The van der Waals surface area contributed by atoms with E-state index in [1.165, 1.54) is 0 Å². The molecule has 28 heavy (non-hydrogen) atoms. The molecule has 0 aliphatic carbocycles. The summed E-state index contributed by atoms with van der Waals surface area (Å²) in [6.45, 7) is 6.74. The van der Waals surface area contributed by atoms with Crippen LogP contribution in [0, 0.1) is 0 Å². The van der Waals surface area contributed by atoms with Crippen molar-refractivity contribution in [3.63, 3.8) is 0 Å². The number of carbonyl (C=O) groups is 1. The Kier molecular flexibility index (Phi) is 6.05. The second kappa shape index (κ2) is 8.32. The summed E-state index contributed by atoms with van der Waals surface area (Å²) in [4.78, 5) is 14.2. The van der Waals surface area contributed by atoms with Gasteiger partial charge in [0.2, 0.25) is 10.0 Å². The van der Waals surface area contributed by atoms with Gasteiger partial charge in [0.05, 0.1) is 4.90 Å². The van der Waals surface area contributed by atoms with Crippen LogP contribution in [-0.2, 0) is 23.0 Å². The van der Waals surface area contributed by atoms with E-state index in [1.807, 2.05) is 57.2 Å². The number of rotatable bonds is 5. The summed E-state index contributed by atoms with van der Waals surface area (Å²) in [7, 11) is -3.63. The Hall–Kier alpha value is -2.38. The molecule has 1 atom stereocenters. The summed E-state index contributed by atoms with van der Waals surface area (Å²) in [5.41, 5.74) is 2.87. The van der Waals surface area contributed by atoms with Crippen LogP contribution in [0.25, 0.3) is 0 Å². The van der Waals surface area contributed by atoms with Crippen LogP contribution in [-0.4, -0.2) is 31.9 Å². The third kappa shape index (κ3) is 4.72. The van der Waals surface area contributed by atoms with Crippen molar-refractivity contribution in [3.8, 4) is 0 Å². The minimum Gasteiger partial charge on any atom is -0.336 e. The molecule has 0 aromatic heterocycles. The molecule has 0 fully saturated rings. The molecule has 6 nitrogen and oxygen atoms in total. The molecule has 0 radical (unpaired) electrons. The van der Waals surface area contributed by atoms with Crippen LogP contribution >= 0.6 is 0 Å². The van der Waals surface area contributed by atoms with Gasteiger partial charge in [-0.05, 0) is 56.0 Å². The zero-order valence-corrected chi connectivity index (χ0v) is 17.3. The van der Waals surface area contributed by atoms with Gasteiger partial charge in [0.25, 0.3) is 0 Å². The Bertz CT molecular complexity index is 943. The maximum atomic E-state index is 12.8. The summed E-state index contributed by atoms with van der Waals surface area (Å²) in [5, 5.41) is 2.90. The molecule has 3 rings (SSSR count). The number of nitrogens with zero attached hydrogens (tertiary/aromatic N) is 1.